The summed E-state index contributed by atoms with van der Waals surface area (Å²) < 4.78 is 5.27. The molecule has 0 aliphatic carbocycles. The SMILES string of the molecule is CC(C)c1nc(C2(N)CCOC2)n[nH]1. The van der Waals surface area contributed by atoms with Gasteiger partial charge in [0.2, 0.25) is 0 Å². The molecule has 0 bridgehead atoms. The summed E-state index contributed by atoms with van der Waals surface area (Å²) in [5.41, 5.74) is 5.64. The average molecular weight is 196 g/mol. The summed E-state index contributed by atoms with van der Waals surface area (Å²) in [5.74, 6) is 1.91. The van der Waals surface area contributed by atoms with E-state index in [-0.39, 0.29) is 0 Å². The van der Waals surface area contributed by atoms with Gasteiger partial charge in [0.15, 0.2) is 5.82 Å². The van der Waals surface area contributed by atoms with Crippen molar-refractivity contribution < 1.29 is 4.74 Å². The third-order valence-corrected chi connectivity index (χ3v) is 2.55. The molecule has 0 aromatic carbocycles. The summed E-state index contributed by atoms with van der Waals surface area (Å²) in [6.45, 7) is 5.35. The van der Waals surface area contributed by atoms with E-state index in [1.54, 1.807) is 0 Å². The molecule has 1 aromatic rings. The van der Waals surface area contributed by atoms with Crippen molar-refractivity contribution in [2.24, 2.45) is 5.73 Å². The number of aromatic amines is 1. The Bertz CT molecular complexity index is 314. The van der Waals surface area contributed by atoms with Crippen LogP contribution in [0.2, 0.25) is 0 Å². The predicted octanol–water partition coefficient (Wildman–Crippen LogP) is 0.502. The number of hydrogen-bond donors (Lipinski definition) is 2. The smallest absolute Gasteiger partial charge is 0.172 e. The van der Waals surface area contributed by atoms with Crippen molar-refractivity contribution >= 4 is 0 Å². The standard InChI is InChI=1S/C9H16N4O/c1-6(2)7-11-8(13-12-7)9(10)3-4-14-5-9/h6H,3-5,10H2,1-2H3,(H,11,12,13). The van der Waals surface area contributed by atoms with Crippen molar-refractivity contribution in [3.63, 3.8) is 0 Å². The van der Waals surface area contributed by atoms with Gasteiger partial charge in [-0.1, -0.05) is 13.8 Å². The normalized spacial score (nSPS) is 27.4. The number of nitrogens with one attached hydrogen (secondary N) is 1. The number of nitrogens with zero attached hydrogens (tertiary/aromatic N) is 2. The Balaban J connectivity index is 2.23. The van der Waals surface area contributed by atoms with Gasteiger partial charge in [-0.05, 0) is 6.42 Å². The zero-order valence-electron chi connectivity index (χ0n) is 8.58. The van der Waals surface area contributed by atoms with Crippen molar-refractivity contribution in [3.8, 4) is 0 Å². The van der Waals surface area contributed by atoms with Crippen LogP contribution >= 0.6 is 0 Å². The van der Waals surface area contributed by atoms with E-state index in [1.165, 1.54) is 0 Å². The highest BCUT2D eigenvalue weighted by Crippen LogP contribution is 2.25. The zero-order valence-corrected chi connectivity index (χ0v) is 8.58. The first-order chi connectivity index (χ1) is 6.62. The van der Waals surface area contributed by atoms with Crippen molar-refractivity contribution in [1.29, 1.82) is 0 Å². The molecule has 2 heterocycles. The lowest BCUT2D eigenvalue weighted by molar-refractivity contribution is 0.176. The molecule has 1 saturated heterocycles. The molecule has 1 atom stereocenters. The van der Waals surface area contributed by atoms with Gasteiger partial charge in [-0.3, -0.25) is 5.10 Å². The summed E-state index contributed by atoms with van der Waals surface area (Å²) in [5, 5.41) is 7.06. The molecule has 5 nitrogen and oxygen atoms in total. The molecule has 1 fully saturated rings. The van der Waals surface area contributed by atoms with Gasteiger partial charge in [0, 0.05) is 12.5 Å². The summed E-state index contributed by atoms with van der Waals surface area (Å²) in [6, 6.07) is 0. The summed E-state index contributed by atoms with van der Waals surface area (Å²) in [6.07, 6.45) is 0.794. The van der Waals surface area contributed by atoms with Crippen LogP contribution in [0.15, 0.2) is 0 Å². The molecule has 1 aromatic heterocycles. The number of hydrogen-bond acceptors (Lipinski definition) is 4. The van der Waals surface area contributed by atoms with Gasteiger partial charge < -0.3 is 10.5 Å². The third kappa shape index (κ3) is 1.53. The Labute approximate surface area is 83.1 Å². The highest BCUT2D eigenvalue weighted by Gasteiger charge is 2.36. The molecule has 1 unspecified atom stereocenters. The maximum atomic E-state index is 6.12. The molecular weight excluding hydrogens is 180 g/mol. The summed E-state index contributed by atoms with van der Waals surface area (Å²) >= 11 is 0. The second-order valence-corrected chi connectivity index (χ2v) is 4.16. The van der Waals surface area contributed by atoms with Gasteiger partial charge in [-0.25, -0.2) is 4.98 Å². The molecule has 2 rings (SSSR count). The second kappa shape index (κ2) is 3.33. The summed E-state index contributed by atoms with van der Waals surface area (Å²) in [7, 11) is 0. The van der Waals surface area contributed by atoms with Crippen LogP contribution in [0.25, 0.3) is 0 Å². The fourth-order valence-corrected chi connectivity index (χ4v) is 1.51. The molecule has 14 heavy (non-hydrogen) atoms. The molecule has 0 amide bonds. The lowest BCUT2D eigenvalue weighted by atomic mass is 10.00. The Hall–Kier alpha value is -0.940. The zero-order chi connectivity index (χ0) is 10.2. The van der Waals surface area contributed by atoms with Crippen LogP contribution in [0.4, 0.5) is 0 Å². The van der Waals surface area contributed by atoms with Crippen LogP contribution in [-0.4, -0.2) is 28.4 Å². The molecule has 0 radical (unpaired) electrons. The topological polar surface area (TPSA) is 76.8 Å². The van der Waals surface area contributed by atoms with Gasteiger partial charge in [0.25, 0.3) is 0 Å². The molecule has 1 aliphatic heterocycles. The number of H-pyrrole nitrogens is 1. The lowest BCUT2D eigenvalue weighted by Gasteiger charge is -2.16. The van der Waals surface area contributed by atoms with Crippen LogP contribution < -0.4 is 5.73 Å². The quantitative estimate of drug-likeness (QED) is 0.722. The first-order valence-electron chi connectivity index (χ1n) is 4.91. The van der Waals surface area contributed by atoms with Crippen LogP contribution in [0, 0.1) is 0 Å². The molecular formula is C9H16N4O. The Morgan fingerprint density at radius 1 is 1.57 bits per heavy atom. The van der Waals surface area contributed by atoms with E-state index in [4.69, 9.17) is 10.5 Å². The lowest BCUT2D eigenvalue weighted by Crippen LogP contribution is -2.38. The monoisotopic (exact) mass is 196 g/mol. The minimum atomic E-state index is -0.482. The third-order valence-electron chi connectivity index (χ3n) is 2.55. The number of rotatable bonds is 2. The first kappa shape index (κ1) is 9.61. The Morgan fingerprint density at radius 3 is 2.86 bits per heavy atom. The predicted molar refractivity (Wildman–Crippen MR) is 51.8 cm³/mol. The second-order valence-electron chi connectivity index (χ2n) is 4.16. The maximum absolute atomic E-state index is 6.12. The molecule has 0 spiro atoms. The average Bonchev–Trinajstić information content (AvgIpc) is 2.71. The van der Waals surface area contributed by atoms with Crippen LogP contribution in [-0.2, 0) is 10.3 Å². The fraction of sp³-hybridized carbons (Fsp3) is 0.778. The first-order valence-corrected chi connectivity index (χ1v) is 4.91. The van der Waals surface area contributed by atoms with Crippen molar-refractivity contribution in [2.45, 2.75) is 31.7 Å². The van der Waals surface area contributed by atoms with E-state index in [9.17, 15) is 0 Å². The van der Waals surface area contributed by atoms with E-state index in [2.05, 4.69) is 29.0 Å². The van der Waals surface area contributed by atoms with E-state index in [0.717, 1.165) is 12.2 Å². The highest BCUT2D eigenvalue weighted by molar-refractivity contribution is 5.08. The van der Waals surface area contributed by atoms with Crippen molar-refractivity contribution in [2.75, 3.05) is 13.2 Å². The fourth-order valence-electron chi connectivity index (χ4n) is 1.51. The minimum absolute atomic E-state index is 0.349. The Morgan fingerprint density at radius 2 is 2.36 bits per heavy atom. The van der Waals surface area contributed by atoms with Gasteiger partial charge >= 0.3 is 0 Å². The molecule has 78 valence electrons. The number of nitrogens with two attached hydrogens (primary N) is 1. The van der Waals surface area contributed by atoms with Crippen LogP contribution in [0.1, 0.15) is 37.8 Å². The van der Waals surface area contributed by atoms with E-state index >= 15 is 0 Å². The molecule has 0 saturated carbocycles. The largest absolute Gasteiger partial charge is 0.379 e. The van der Waals surface area contributed by atoms with E-state index in [1.807, 2.05) is 0 Å². The maximum Gasteiger partial charge on any atom is 0.172 e. The van der Waals surface area contributed by atoms with E-state index < -0.39 is 5.54 Å². The van der Waals surface area contributed by atoms with E-state index in [0.29, 0.717) is 25.0 Å². The van der Waals surface area contributed by atoms with Gasteiger partial charge in [-0.2, -0.15) is 5.10 Å². The number of ether oxygens (including phenoxy) is 1. The summed E-state index contributed by atoms with van der Waals surface area (Å²) in [4.78, 5) is 4.39. The molecule has 3 N–H and O–H groups in total. The van der Waals surface area contributed by atoms with Gasteiger partial charge in [0.05, 0.1) is 6.61 Å². The highest BCUT2D eigenvalue weighted by atomic mass is 16.5. The van der Waals surface area contributed by atoms with Gasteiger partial charge in [0.1, 0.15) is 11.4 Å². The van der Waals surface area contributed by atoms with Crippen LogP contribution in [0.5, 0.6) is 0 Å². The minimum Gasteiger partial charge on any atom is -0.379 e. The van der Waals surface area contributed by atoms with Gasteiger partial charge in [-0.15, -0.1) is 0 Å². The number of aromatic nitrogens is 3. The van der Waals surface area contributed by atoms with Crippen molar-refractivity contribution in [1.82, 2.24) is 15.2 Å². The molecule has 1 aliphatic rings. The van der Waals surface area contributed by atoms with Crippen molar-refractivity contribution in [3.05, 3.63) is 11.6 Å². The Kier molecular flexibility index (Phi) is 2.28. The molecule has 5 heteroatoms. The van der Waals surface area contributed by atoms with Crippen LogP contribution in [0.3, 0.4) is 0 Å².